The van der Waals surface area contributed by atoms with Crippen LogP contribution in [0.5, 0.6) is 0 Å². The second kappa shape index (κ2) is 4.34. The van der Waals surface area contributed by atoms with E-state index in [1.54, 1.807) is 0 Å². The van der Waals surface area contributed by atoms with Gasteiger partial charge in [0.05, 0.1) is 0 Å². The lowest BCUT2D eigenvalue weighted by atomic mass is 9.97. The lowest BCUT2D eigenvalue weighted by molar-refractivity contribution is 0.669. The van der Waals surface area contributed by atoms with Gasteiger partial charge in [-0.15, -0.1) is 0 Å². The van der Waals surface area contributed by atoms with Crippen LogP contribution >= 0.6 is 15.9 Å². The Morgan fingerprint density at radius 2 is 1.41 bits per heavy atom. The molecule has 0 bridgehead atoms. The van der Waals surface area contributed by atoms with Crippen LogP contribution in [0.15, 0.2) is 75.6 Å². The van der Waals surface area contributed by atoms with E-state index >= 15 is 0 Å². The van der Waals surface area contributed by atoms with E-state index in [4.69, 9.17) is 4.42 Å². The normalized spacial score (nSPS) is 11.9. The molecule has 4 aromatic carbocycles. The van der Waals surface area contributed by atoms with Crippen molar-refractivity contribution < 1.29 is 4.42 Å². The van der Waals surface area contributed by atoms with E-state index in [2.05, 4.69) is 70.5 Å². The van der Waals surface area contributed by atoms with E-state index in [0.717, 1.165) is 15.6 Å². The third-order valence-electron chi connectivity index (χ3n) is 4.28. The molecule has 22 heavy (non-hydrogen) atoms. The average Bonchev–Trinajstić information content (AvgIpc) is 2.93. The lowest BCUT2D eigenvalue weighted by Gasteiger charge is -2.05. The molecule has 1 nitrogen and oxygen atoms in total. The monoisotopic (exact) mass is 346 g/mol. The predicted octanol–water partition coefficient (Wildman–Crippen LogP) is 6.61. The van der Waals surface area contributed by atoms with Crippen molar-refractivity contribution in [2.75, 3.05) is 0 Å². The maximum absolute atomic E-state index is 6.09. The zero-order valence-corrected chi connectivity index (χ0v) is 13.2. The van der Waals surface area contributed by atoms with Crippen molar-refractivity contribution in [3.63, 3.8) is 0 Å². The zero-order chi connectivity index (χ0) is 14.7. The topological polar surface area (TPSA) is 13.1 Å². The molecule has 1 aromatic heterocycles. The first-order valence-electron chi connectivity index (χ1n) is 7.23. The third-order valence-corrected chi connectivity index (χ3v) is 4.81. The number of hydrogen-bond donors (Lipinski definition) is 0. The molecule has 0 fully saturated rings. The summed E-state index contributed by atoms with van der Waals surface area (Å²) in [4.78, 5) is 0. The standard InChI is InChI=1S/C20H11BrO/c21-16-8-6-12(7-9-16)15-10-14-5-4-13-2-1-3-17-19(13)20(14)18(11-15)22-17/h1-11H. The first kappa shape index (κ1) is 12.2. The van der Waals surface area contributed by atoms with Gasteiger partial charge in [-0.05, 0) is 52.2 Å². The van der Waals surface area contributed by atoms with E-state index in [-0.39, 0.29) is 0 Å². The van der Waals surface area contributed by atoms with Gasteiger partial charge in [-0.3, -0.25) is 0 Å². The van der Waals surface area contributed by atoms with Crippen LogP contribution < -0.4 is 0 Å². The smallest absolute Gasteiger partial charge is 0.136 e. The minimum atomic E-state index is 0.960. The van der Waals surface area contributed by atoms with Crippen LogP contribution in [0.2, 0.25) is 0 Å². The number of halogens is 1. The molecule has 2 heteroatoms. The summed E-state index contributed by atoms with van der Waals surface area (Å²) in [6, 6.07) is 23.4. The van der Waals surface area contributed by atoms with Gasteiger partial charge >= 0.3 is 0 Å². The summed E-state index contributed by atoms with van der Waals surface area (Å²) in [6.45, 7) is 0. The largest absolute Gasteiger partial charge is 0.456 e. The van der Waals surface area contributed by atoms with Crippen molar-refractivity contribution in [1.82, 2.24) is 0 Å². The van der Waals surface area contributed by atoms with Gasteiger partial charge in [0.25, 0.3) is 0 Å². The van der Waals surface area contributed by atoms with Crippen LogP contribution in [0.25, 0.3) is 43.8 Å². The molecule has 0 aliphatic rings. The predicted molar refractivity (Wildman–Crippen MR) is 95.5 cm³/mol. The molecule has 0 radical (unpaired) electrons. The van der Waals surface area contributed by atoms with Crippen LogP contribution in [-0.4, -0.2) is 0 Å². The highest BCUT2D eigenvalue weighted by atomic mass is 79.9. The Labute approximate surface area is 135 Å². The van der Waals surface area contributed by atoms with Crippen LogP contribution in [0.1, 0.15) is 0 Å². The van der Waals surface area contributed by atoms with Gasteiger partial charge in [0.15, 0.2) is 0 Å². The van der Waals surface area contributed by atoms with Crippen molar-refractivity contribution in [1.29, 1.82) is 0 Å². The Morgan fingerprint density at radius 1 is 0.636 bits per heavy atom. The zero-order valence-electron chi connectivity index (χ0n) is 11.6. The maximum Gasteiger partial charge on any atom is 0.136 e. The molecule has 5 rings (SSSR count). The quantitative estimate of drug-likeness (QED) is 0.311. The van der Waals surface area contributed by atoms with E-state index < -0.39 is 0 Å². The Morgan fingerprint density at radius 3 is 2.27 bits per heavy atom. The van der Waals surface area contributed by atoms with Crippen LogP contribution in [0, 0.1) is 0 Å². The van der Waals surface area contributed by atoms with Crippen molar-refractivity contribution in [3.05, 3.63) is 71.2 Å². The van der Waals surface area contributed by atoms with Crippen molar-refractivity contribution in [2.24, 2.45) is 0 Å². The summed E-state index contributed by atoms with van der Waals surface area (Å²) >= 11 is 3.49. The van der Waals surface area contributed by atoms with Crippen LogP contribution in [0.3, 0.4) is 0 Å². The SMILES string of the molecule is Brc1ccc(-c2cc3ccc4cccc5oc(c2)c3c45)cc1. The second-order valence-corrected chi connectivity index (χ2v) is 6.52. The summed E-state index contributed by atoms with van der Waals surface area (Å²) in [5, 5.41) is 4.93. The first-order valence-corrected chi connectivity index (χ1v) is 8.02. The van der Waals surface area contributed by atoms with E-state index in [1.165, 1.54) is 32.7 Å². The Kier molecular flexibility index (Phi) is 2.42. The van der Waals surface area contributed by atoms with Crippen LogP contribution in [0.4, 0.5) is 0 Å². The minimum absolute atomic E-state index is 0.960. The van der Waals surface area contributed by atoms with E-state index in [1.807, 2.05) is 12.1 Å². The van der Waals surface area contributed by atoms with Crippen molar-refractivity contribution in [3.8, 4) is 11.1 Å². The highest BCUT2D eigenvalue weighted by Crippen LogP contribution is 2.39. The molecule has 0 saturated carbocycles. The molecular weight excluding hydrogens is 336 g/mol. The van der Waals surface area contributed by atoms with Gasteiger partial charge in [-0.25, -0.2) is 0 Å². The molecule has 0 spiro atoms. The summed E-state index contributed by atoms with van der Waals surface area (Å²) in [7, 11) is 0. The fraction of sp³-hybridized carbons (Fsp3) is 0. The van der Waals surface area contributed by atoms with Crippen molar-refractivity contribution in [2.45, 2.75) is 0 Å². The lowest BCUT2D eigenvalue weighted by Crippen LogP contribution is -1.80. The molecule has 104 valence electrons. The molecule has 0 saturated heterocycles. The summed E-state index contributed by atoms with van der Waals surface area (Å²) in [6.07, 6.45) is 0. The van der Waals surface area contributed by atoms with Gasteiger partial charge < -0.3 is 4.42 Å². The summed E-state index contributed by atoms with van der Waals surface area (Å²) < 4.78 is 7.18. The number of furan rings is 1. The Bertz CT molecular complexity index is 1120. The summed E-state index contributed by atoms with van der Waals surface area (Å²) in [5.74, 6) is 0. The molecule has 1 heterocycles. The van der Waals surface area contributed by atoms with Crippen LogP contribution in [-0.2, 0) is 0 Å². The molecule has 0 atom stereocenters. The number of hydrogen-bond acceptors (Lipinski definition) is 1. The molecule has 0 aliphatic heterocycles. The number of benzene rings is 4. The molecule has 0 N–H and O–H groups in total. The van der Waals surface area contributed by atoms with Gasteiger partial charge in [-0.1, -0.05) is 52.3 Å². The van der Waals surface area contributed by atoms with Gasteiger partial charge in [0.1, 0.15) is 11.2 Å². The molecule has 0 unspecified atom stereocenters. The minimum Gasteiger partial charge on any atom is -0.456 e. The maximum atomic E-state index is 6.09. The highest BCUT2D eigenvalue weighted by Gasteiger charge is 2.14. The summed E-state index contributed by atoms with van der Waals surface area (Å²) in [5.41, 5.74) is 4.30. The van der Waals surface area contributed by atoms with Gasteiger partial charge in [-0.2, -0.15) is 0 Å². The Hall–Kier alpha value is -2.32. The van der Waals surface area contributed by atoms with Crippen molar-refractivity contribution >= 4 is 48.6 Å². The Balaban J connectivity index is 1.89. The van der Waals surface area contributed by atoms with E-state index in [9.17, 15) is 0 Å². The molecule has 0 amide bonds. The molecule has 0 aliphatic carbocycles. The fourth-order valence-electron chi connectivity index (χ4n) is 3.26. The van der Waals surface area contributed by atoms with E-state index in [0.29, 0.717) is 0 Å². The average molecular weight is 347 g/mol. The number of rotatable bonds is 1. The second-order valence-electron chi connectivity index (χ2n) is 5.60. The third kappa shape index (κ3) is 1.65. The highest BCUT2D eigenvalue weighted by molar-refractivity contribution is 9.10. The fourth-order valence-corrected chi connectivity index (χ4v) is 3.53. The first-order chi connectivity index (χ1) is 10.8. The van der Waals surface area contributed by atoms with Gasteiger partial charge in [0, 0.05) is 15.2 Å². The van der Waals surface area contributed by atoms with Gasteiger partial charge in [0.2, 0.25) is 0 Å². The molecular formula is C20H11BrO. The molecule has 5 aromatic rings.